The van der Waals surface area contributed by atoms with Crippen LogP contribution in [0.2, 0.25) is 0 Å². The fraction of sp³-hybridized carbons (Fsp3) is 0.333. The third-order valence-corrected chi connectivity index (χ3v) is 4.28. The van der Waals surface area contributed by atoms with Crippen LogP contribution in [0.25, 0.3) is 0 Å². The van der Waals surface area contributed by atoms with E-state index in [9.17, 15) is 14.7 Å². The number of carboxylic acids is 1. The standard InChI is InChI=1S/C18H21N5O3/c1-21(9-5-10-22-11-8-19-13-22)17(24)15-12-16(18(25)26)23(20-15)14-6-3-2-4-7-14/h2-4,6-8,11,13,16H,5,9-10,12H2,1H3,(H,25,26). The summed E-state index contributed by atoms with van der Waals surface area (Å²) in [7, 11) is 1.71. The molecule has 2 heterocycles. The molecule has 3 rings (SSSR count). The van der Waals surface area contributed by atoms with Crippen molar-refractivity contribution in [3.8, 4) is 0 Å². The molecule has 1 unspecified atom stereocenters. The molecule has 0 radical (unpaired) electrons. The van der Waals surface area contributed by atoms with Gasteiger partial charge in [0, 0.05) is 39.0 Å². The summed E-state index contributed by atoms with van der Waals surface area (Å²) in [5, 5.41) is 15.2. The molecule has 2 aromatic rings. The molecule has 1 atom stereocenters. The maximum Gasteiger partial charge on any atom is 0.328 e. The van der Waals surface area contributed by atoms with Crippen LogP contribution in [0.4, 0.5) is 5.69 Å². The number of imidazole rings is 1. The molecular weight excluding hydrogens is 334 g/mol. The molecule has 136 valence electrons. The van der Waals surface area contributed by atoms with Crippen LogP contribution in [0, 0.1) is 0 Å². The van der Waals surface area contributed by atoms with Gasteiger partial charge in [0.25, 0.3) is 5.91 Å². The van der Waals surface area contributed by atoms with Gasteiger partial charge in [-0.3, -0.25) is 9.80 Å². The Bertz CT molecular complexity index is 788. The van der Waals surface area contributed by atoms with Gasteiger partial charge in [-0.15, -0.1) is 0 Å². The molecule has 0 saturated carbocycles. The highest BCUT2D eigenvalue weighted by molar-refractivity contribution is 6.40. The Labute approximate surface area is 151 Å². The number of carbonyl (C=O) groups excluding carboxylic acids is 1. The van der Waals surface area contributed by atoms with Crippen molar-refractivity contribution in [2.24, 2.45) is 5.10 Å². The van der Waals surface area contributed by atoms with Crippen molar-refractivity contribution in [2.75, 3.05) is 18.6 Å². The lowest BCUT2D eigenvalue weighted by molar-refractivity contribution is -0.138. The smallest absolute Gasteiger partial charge is 0.328 e. The van der Waals surface area contributed by atoms with Crippen LogP contribution in [0.1, 0.15) is 12.8 Å². The van der Waals surface area contributed by atoms with Gasteiger partial charge in [-0.05, 0) is 18.6 Å². The van der Waals surface area contributed by atoms with Gasteiger partial charge in [0.15, 0.2) is 6.04 Å². The van der Waals surface area contributed by atoms with E-state index in [4.69, 9.17) is 0 Å². The highest BCUT2D eigenvalue weighted by Crippen LogP contribution is 2.25. The van der Waals surface area contributed by atoms with Crippen molar-refractivity contribution < 1.29 is 14.7 Å². The van der Waals surface area contributed by atoms with Crippen molar-refractivity contribution in [1.29, 1.82) is 0 Å². The topological polar surface area (TPSA) is 91.0 Å². The number of para-hydroxylation sites is 1. The van der Waals surface area contributed by atoms with E-state index < -0.39 is 12.0 Å². The van der Waals surface area contributed by atoms with E-state index in [-0.39, 0.29) is 18.0 Å². The number of aryl methyl sites for hydroxylation is 1. The Balaban J connectivity index is 1.65. The second-order valence-electron chi connectivity index (χ2n) is 6.17. The van der Waals surface area contributed by atoms with Crippen LogP contribution in [-0.2, 0) is 16.1 Å². The SMILES string of the molecule is CN(CCCn1ccnc1)C(=O)C1=NN(c2ccccc2)C(C(=O)O)C1. The number of nitrogens with zero attached hydrogens (tertiary/aromatic N) is 5. The van der Waals surface area contributed by atoms with Crippen LogP contribution >= 0.6 is 0 Å². The summed E-state index contributed by atoms with van der Waals surface area (Å²) >= 11 is 0. The van der Waals surface area contributed by atoms with E-state index in [1.807, 2.05) is 29.0 Å². The number of benzene rings is 1. The molecule has 1 aromatic heterocycles. The maximum atomic E-state index is 12.6. The Hall–Kier alpha value is -3.16. The fourth-order valence-corrected chi connectivity index (χ4v) is 2.88. The predicted octanol–water partition coefficient (Wildman–Crippen LogP) is 1.45. The first kappa shape index (κ1) is 17.7. The average molecular weight is 355 g/mol. The Morgan fingerprint density at radius 1 is 1.31 bits per heavy atom. The second kappa shape index (κ2) is 7.81. The van der Waals surface area contributed by atoms with Crippen molar-refractivity contribution >= 4 is 23.3 Å². The van der Waals surface area contributed by atoms with Crippen LogP contribution in [0.3, 0.4) is 0 Å². The third kappa shape index (κ3) is 3.90. The molecule has 8 nitrogen and oxygen atoms in total. The summed E-state index contributed by atoms with van der Waals surface area (Å²) in [6.07, 6.45) is 6.19. The number of amides is 1. The molecule has 26 heavy (non-hydrogen) atoms. The quantitative estimate of drug-likeness (QED) is 0.812. The molecule has 0 bridgehead atoms. The maximum absolute atomic E-state index is 12.6. The number of hydrogen-bond acceptors (Lipinski definition) is 5. The van der Waals surface area contributed by atoms with Crippen molar-refractivity contribution in [1.82, 2.24) is 14.5 Å². The molecule has 0 saturated heterocycles. The van der Waals surface area contributed by atoms with Crippen LogP contribution < -0.4 is 5.01 Å². The minimum atomic E-state index is -0.997. The zero-order valence-electron chi connectivity index (χ0n) is 14.5. The molecule has 1 amide bonds. The summed E-state index contributed by atoms with van der Waals surface area (Å²) in [4.78, 5) is 29.8. The van der Waals surface area contributed by atoms with Crippen molar-refractivity contribution in [3.05, 3.63) is 49.1 Å². The Kier molecular flexibility index (Phi) is 5.31. The van der Waals surface area contributed by atoms with Crippen molar-refractivity contribution in [3.63, 3.8) is 0 Å². The molecule has 0 fully saturated rings. The molecule has 1 aromatic carbocycles. The molecule has 0 aliphatic carbocycles. The first-order chi connectivity index (χ1) is 12.6. The minimum Gasteiger partial charge on any atom is -0.480 e. The predicted molar refractivity (Wildman–Crippen MR) is 96.9 cm³/mol. The van der Waals surface area contributed by atoms with Gasteiger partial charge in [0.2, 0.25) is 0 Å². The lowest BCUT2D eigenvalue weighted by atomic mass is 10.1. The molecule has 1 aliphatic rings. The first-order valence-corrected chi connectivity index (χ1v) is 8.42. The van der Waals surface area contributed by atoms with Gasteiger partial charge < -0.3 is 14.6 Å². The number of carboxylic acid groups (broad SMARTS) is 1. The van der Waals surface area contributed by atoms with E-state index in [2.05, 4.69) is 10.1 Å². The molecule has 1 N–H and O–H groups in total. The number of aliphatic carboxylic acids is 1. The zero-order valence-corrected chi connectivity index (χ0v) is 14.5. The van der Waals surface area contributed by atoms with Crippen LogP contribution in [0.15, 0.2) is 54.2 Å². The van der Waals surface area contributed by atoms with Crippen LogP contribution in [-0.4, -0.2) is 56.8 Å². The van der Waals surface area contributed by atoms with E-state index in [1.165, 1.54) is 5.01 Å². The lowest BCUT2D eigenvalue weighted by Gasteiger charge is -2.19. The van der Waals surface area contributed by atoms with E-state index in [0.717, 1.165) is 13.0 Å². The molecule has 8 heteroatoms. The average Bonchev–Trinajstić information content (AvgIpc) is 3.31. The van der Waals surface area contributed by atoms with Gasteiger partial charge in [0.05, 0.1) is 12.0 Å². The number of carbonyl (C=O) groups is 2. The Morgan fingerprint density at radius 3 is 2.73 bits per heavy atom. The first-order valence-electron chi connectivity index (χ1n) is 8.42. The molecular formula is C18H21N5O3. The number of aromatic nitrogens is 2. The number of anilines is 1. The second-order valence-corrected chi connectivity index (χ2v) is 6.17. The van der Waals surface area contributed by atoms with E-state index in [0.29, 0.717) is 12.2 Å². The normalized spacial score (nSPS) is 16.4. The largest absolute Gasteiger partial charge is 0.480 e. The van der Waals surface area contributed by atoms with Gasteiger partial charge in [0.1, 0.15) is 5.71 Å². The lowest BCUT2D eigenvalue weighted by Crippen LogP contribution is -2.36. The summed E-state index contributed by atoms with van der Waals surface area (Å²) in [6, 6.07) is 8.16. The summed E-state index contributed by atoms with van der Waals surface area (Å²) in [5.74, 6) is -1.23. The molecule has 0 spiro atoms. The highest BCUT2D eigenvalue weighted by Gasteiger charge is 2.36. The third-order valence-electron chi connectivity index (χ3n) is 4.28. The zero-order chi connectivity index (χ0) is 18.5. The van der Waals surface area contributed by atoms with E-state index >= 15 is 0 Å². The fourth-order valence-electron chi connectivity index (χ4n) is 2.88. The van der Waals surface area contributed by atoms with Gasteiger partial charge in [-0.1, -0.05) is 18.2 Å². The van der Waals surface area contributed by atoms with Gasteiger partial charge in [-0.2, -0.15) is 5.10 Å². The van der Waals surface area contributed by atoms with Crippen LogP contribution in [0.5, 0.6) is 0 Å². The Morgan fingerprint density at radius 2 is 2.08 bits per heavy atom. The number of rotatable bonds is 7. The summed E-state index contributed by atoms with van der Waals surface area (Å²) in [6.45, 7) is 1.32. The minimum absolute atomic E-state index is 0.0922. The van der Waals surface area contributed by atoms with Crippen molar-refractivity contribution in [2.45, 2.75) is 25.4 Å². The van der Waals surface area contributed by atoms with Gasteiger partial charge in [-0.25, -0.2) is 9.78 Å². The van der Waals surface area contributed by atoms with Gasteiger partial charge >= 0.3 is 5.97 Å². The summed E-state index contributed by atoms with van der Waals surface area (Å²) in [5.41, 5.74) is 0.928. The monoisotopic (exact) mass is 355 g/mol. The highest BCUT2D eigenvalue weighted by atomic mass is 16.4. The number of hydrogen-bond donors (Lipinski definition) is 1. The number of hydrazone groups is 1. The summed E-state index contributed by atoms with van der Waals surface area (Å²) < 4.78 is 1.95. The van der Waals surface area contributed by atoms with E-state index in [1.54, 1.807) is 36.6 Å². The molecule has 1 aliphatic heterocycles.